The van der Waals surface area contributed by atoms with Gasteiger partial charge in [-0.2, -0.15) is 0 Å². The summed E-state index contributed by atoms with van der Waals surface area (Å²) < 4.78 is 5.29. The predicted molar refractivity (Wildman–Crippen MR) is 81.3 cm³/mol. The summed E-state index contributed by atoms with van der Waals surface area (Å²) in [7, 11) is 0. The molecule has 2 fully saturated rings. The normalized spacial score (nSPS) is 23.9. The van der Waals surface area contributed by atoms with Crippen LogP contribution in [0.15, 0.2) is 0 Å². The zero-order chi connectivity index (χ0) is 15.9. The van der Waals surface area contributed by atoms with Gasteiger partial charge in [0.05, 0.1) is 25.2 Å². The highest BCUT2D eigenvalue weighted by atomic mass is 16.5. The Hall–Kier alpha value is -1.18. The lowest BCUT2D eigenvalue weighted by molar-refractivity contribution is -0.142. The van der Waals surface area contributed by atoms with Crippen molar-refractivity contribution < 1.29 is 19.4 Å². The van der Waals surface area contributed by atoms with Gasteiger partial charge in [-0.15, -0.1) is 0 Å². The van der Waals surface area contributed by atoms with Crippen molar-refractivity contribution in [2.24, 2.45) is 0 Å². The first kappa shape index (κ1) is 17.2. The maximum atomic E-state index is 12.4. The molecule has 0 spiro atoms. The van der Waals surface area contributed by atoms with Gasteiger partial charge in [-0.1, -0.05) is 0 Å². The zero-order valence-corrected chi connectivity index (χ0v) is 13.3. The minimum atomic E-state index is -0.435. The second-order valence-corrected chi connectivity index (χ2v) is 5.85. The highest BCUT2D eigenvalue weighted by Gasteiger charge is 2.32. The van der Waals surface area contributed by atoms with E-state index in [0.717, 1.165) is 0 Å². The van der Waals surface area contributed by atoms with Gasteiger partial charge >= 0.3 is 0 Å². The van der Waals surface area contributed by atoms with Gasteiger partial charge in [0.15, 0.2) is 0 Å². The van der Waals surface area contributed by atoms with Gasteiger partial charge in [-0.25, -0.2) is 0 Å². The topological polar surface area (TPSA) is 82.1 Å². The number of nitrogens with zero attached hydrogens (tertiary/aromatic N) is 2. The van der Waals surface area contributed by atoms with Crippen molar-refractivity contribution in [1.29, 1.82) is 0 Å². The van der Waals surface area contributed by atoms with Crippen molar-refractivity contribution in [3.05, 3.63) is 0 Å². The fourth-order valence-electron chi connectivity index (χ4n) is 2.91. The number of aliphatic hydroxyl groups excluding tert-OH is 1. The van der Waals surface area contributed by atoms with E-state index in [1.165, 1.54) is 0 Å². The van der Waals surface area contributed by atoms with Crippen molar-refractivity contribution >= 4 is 11.8 Å². The second-order valence-electron chi connectivity index (χ2n) is 5.85. The summed E-state index contributed by atoms with van der Waals surface area (Å²) in [6.45, 7) is 6.20. The molecule has 2 amide bonds. The third-order valence-electron chi connectivity index (χ3n) is 4.29. The number of likely N-dealkylation sites (tertiary alicyclic amines) is 1. The second kappa shape index (κ2) is 8.45. The van der Waals surface area contributed by atoms with Crippen LogP contribution in [0.5, 0.6) is 0 Å². The summed E-state index contributed by atoms with van der Waals surface area (Å²) >= 11 is 0. The molecule has 2 heterocycles. The molecule has 0 aromatic rings. The lowest BCUT2D eigenvalue weighted by atomic mass is 10.1. The van der Waals surface area contributed by atoms with Gasteiger partial charge < -0.3 is 25.0 Å². The first-order valence-corrected chi connectivity index (χ1v) is 8.17. The number of amides is 2. The predicted octanol–water partition coefficient (Wildman–Crippen LogP) is -0.803. The van der Waals surface area contributed by atoms with E-state index in [2.05, 4.69) is 5.32 Å². The van der Waals surface area contributed by atoms with E-state index < -0.39 is 6.04 Å². The third kappa shape index (κ3) is 4.66. The molecule has 1 unspecified atom stereocenters. The van der Waals surface area contributed by atoms with Gasteiger partial charge in [0, 0.05) is 39.3 Å². The molecule has 2 N–H and O–H groups in total. The number of carbonyl (C=O) groups is 2. The number of carbonyl (C=O) groups excluding carboxylic acids is 2. The van der Waals surface area contributed by atoms with Crippen molar-refractivity contribution in [2.45, 2.75) is 38.3 Å². The minimum Gasteiger partial charge on any atom is -0.393 e. The van der Waals surface area contributed by atoms with Gasteiger partial charge in [-0.3, -0.25) is 9.59 Å². The summed E-state index contributed by atoms with van der Waals surface area (Å²) in [5, 5.41) is 12.6. The molecular weight excluding hydrogens is 286 g/mol. The molecule has 2 rings (SSSR count). The Bertz CT molecular complexity index is 383. The van der Waals surface area contributed by atoms with E-state index in [-0.39, 0.29) is 24.3 Å². The zero-order valence-electron chi connectivity index (χ0n) is 13.3. The monoisotopic (exact) mass is 313 g/mol. The molecule has 0 bridgehead atoms. The number of rotatable bonds is 6. The number of hydrogen-bond acceptors (Lipinski definition) is 5. The fraction of sp³-hybridized carbons (Fsp3) is 0.867. The smallest absolute Gasteiger partial charge is 0.240 e. The molecular formula is C15H27N3O4. The molecule has 7 heteroatoms. The van der Waals surface area contributed by atoms with Crippen LogP contribution in [-0.2, 0) is 14.3 Å². The number of piperidine rings is 1. The lowest BCUT2D eigenvalue weighted by Gasteiger charge is -2.35. The van der Waals surface area contributed by atoms with Crippen LogP contribution in [0, 0.1) is 0 Å². The molecule has 126 valence electrons. The van der Waals surface area contributed by atoms with Gasteiger partial charge in [0.1, 0.15) is 0 Å². The number of piperazine rings is 1. The molecule has 2 aliphatic heterocycles. The molecule has 0 aliphatic carbocycles. The van der Waals surface area contributed by atoms with E-state index in [9.17, 15) is 14.7 Å². The van der Waals surface area contributed by atoms with Crippen molar-refractivity contribution in [3.8, 4) is 0 Å². The van der Waals surface area contributed by atoms with Crippen LogP contribution in [-0.4, -0.2) is 84.8 Å². The van der Waals surface area contributed by atoms with Gasteiger partial charge in [0.25, 0.3) is 0 Å². The van der Waals surface area contributed by atoms with Crippen LogP contribution in [0.25, 0.3) is 0 Å². The molecule has 22 heavy (non-hydrogen) atoms. The minimum absolute atomic E-state index is 0.00981. The Morgan fingerprint density at radius 3 is 2.77 bits per heavy atom. The van der Waals surface area contributed by atoms with Crippen LogP contribution in [0.2, 0.25) is 0 Å². The fourth-order valence-corrected chi connectivity index (χ4v) is 2.91. The molecule has 0 radical (unpaired) electrons. The van der Waals surface area contributed by atoms with Crippen molar-refractivity contribution in [1.82, 2.24) is 15.1 Å². The van der Waals surface area contributed by atoms with Crippen LogP contribution >= 0.6 is 0 Å². The van der Waals surface area contributed by atoms with Crippen molar-refractivity contribution in [3.63, 3.8) is 0 Å². The standard InChI is InChI=1S/C15H27N3O4/c1-2-22-10-9-18-8-5-16-13(15(18)21)11-14(20)17-6-3-12(19)4-7-17/h12-13,16,19H,2-11H2,1H3. The maximum Gasteiger partial charge on any atom is 0.240 e. The Morgan fingerprint density at radius 2 is 2.09 bits per heavy atom. The largest absolute Gasteiger partial charge is 0.393 e. The van der Waals surface area contributed by atoms with E-state index in [1.807, 2.05) is 6.92 Å². The van der Waals surface area contributed by atoms with E-state index >= 15 is 0 Å². The molecule has 2 saturated heterocycles. The summed E-state index contributed by atoms with van der Waals surface area (Å²) in [6, 6.07) is -0.435. The molecule has 0 saturated carbocycles. The SMILES string of the molecule is CCOCCN1CCNC(CC(=O)N2CCC(O)CC2)C1=O. The molecule has 0 aromatic carbocycles. The Balaban J connectivity index is 1.80. The van der Waals surface area contributed by atoms with Crippen LogP contribution in [0.4, 0.5) is 0 Å². The summed E-state index contributed by atoms with van der Waals surface area (Å²) in [4.78, 5) is 28.2. The summed E-state index contributed by atoms with van der Waals surface area (Å²) in [5.74, 6) is -0.0271. The molecule has 2 aliphatic rings. The Labute approximate surface area is 131 Å². The highest BCUT2D eigenvalue weighted by Crippen LogP contribution is 2.13. The van der Waals surface area contributed by atoms with Crippen LogP contribution < -0.4 is 5.32 Å². The molecule has 1 atom stereocenters. The van der Waals surface area contributed by atoms with E-state index in [1.54, 1.807) is 9.80 Å². The summed E-state index contributed by atoms with van der Waals surface area (Å²) in [5.41, 5.74) is 0. The number of nitrogens with one attached hydrogen (secondary N) is 1. The Kier molecular flexibility index (Phi) is 6.60. The van der Waals surface area contributed by atoms with Crippen molar-refractivity contribution in [2.75, 3.05) is 45.9 Å². The number of hydrogen-bond donors (Lipinski definition) is 2. The van der Waals surface area contributed by atoms with Crippen LogP contribution in [0.3, 0.4) is 0 Å². The van der Waals surface area contributed by atoms with Gasteiger partial charge in [-0.05, 0) is 19.8 Å². The van der Waals surface area contributed by atoms with E-state index in [0.29, 0.717) is 58.8 Å². The number of ether oxygens (including phenoxy) is 1. The average molecular weight is 313 g/mol. The maximum absolute atomic E-state index is 12.4. The first-order chi connectivity index (χ1) is 10.6. The highest BCUT2D eigenvalue weighted by molar-refractivity contribution is 5.89. The quantitative estimate of drug-likeness (QED) is 0.627. The average Bonchev–Trinajstić information content (AvgIpc) is 2.51. The van der Waals surface area contributed by atoms with Gasteiger partial charge in [0.2, 0.25) is 11.8 Å². The lowest BCUT2D eigenvalue weighted by Crippen LogP contribution is -2.57. The van der Waals surface area contributed by atoms with E-state index in [4.69, 9.17) is 4.74 Å². The summed E-state index contributed by atoms with van der Waals surface area (Å²) in [6.07, 6.45) is 1.14. The third-order valence-corrected chi connectivity index (χ3v) is 4.29. The molecule has 7 nitrogen and oxygen atoms in total. The van der Waals surface area contributed by atoms with Crippen LogP contribution in [0.1, 0.15) is 26.2 Å². The first-order valence-electron chi connectivity index (χ1n) is 8.17. The molecule has 0 aromatic heterocycles. The number of aliphatic hydroxyl groups is 1. The Morgan fingerprint density at radius 1 is 1.36 bits per heavy atom.